The zero-order valence-corrected chi connectivity index (χ0v) is 11.3. The van der Waals surface area contributed by atoms with Crippen LogP contribution in [0.2, 0.25) is 0 Å². The van der Waals surface area contributed by atoms with E-state index in [-0.39, 0.29) is 6.04 Å². The van der Waals surface area contributed by atoms with Crippen molar-refractivity contribution in [2.24, 2.45) is 0 Å². The van der Waals surface area contributed by atoms with Gasteiger partial charge in [-0.1, -0.05) is 36.8 Å². The molecule has 94 valence electrons. The van der Waals surface area contributed by atoms with Crippen LogP contribution in [0.1, 0.15) is 25.8 Å². The third-order valence-electron chi connectivity index (χ3n) is 2.33. The molecule has 1 N–H and O–H groups in total. The average molecular weight is 253 g/mol. The monoisotopic (exact) mass is 253 g/mol. The van der Waals surface area contributed by atoms with Crippen LogP contribution >= 0.6 is 0 Å². The van der Waals surface area contributed by atoms with Gasteiger partial charge in [0, 0.05) is 6.04 Å². The molecule has 1 aromatic carbocycles. The fraction of sp³-hybridized carbons (Fsp3) is 0.385. The molecule has 1 aromatic rings. The molecule has 3 nitrogen and oxygen atoms in total. The van der Waals surface area contributed by atoms with Crippen molar-refractivity contribution in [3.05, 3.63) is 42.0 Å². The van der Waals surface area contributed by atoms with Crippen molar-refractivity contribution in [2.45, 2.75) is 38.1 Å². The van der Waals surface area contributed by atoms with Crippen molar-refractivity contribution >= 4 is 10.0 Å². The molecule has 0 saturated heterocycles. The van der Waals surface area contributed by atoms with E-state index in [1.54, 1.807) is 24.3 Å². The zero-order chi connectivity index (χ0) is 12.9. The summed E-state index contributed by atoms with van der Waals surface area (Å²) in [6, 6.07) is 6.63. The lowest BCUT2D eigenvalue weighted by Gasteiger charge is -2.10. The molecule has 0 aliphatic rings. The van der Waals surface area contributed by atoms with Gasteiger partial charge in [-0.2, -0.15) is 0 Å². The van der Waals surface area contributed by atoms with Crippen LogP contribution in [0.5, 0.6) is 0 Å². The van der Waals surface area contributed by atoms with Crippen LogP contribution in [0.4, 0.5) is 0 Å². The number of allylic oxidation sites excluding steroid dienone is 1. The minimum atomic E-state index is -3.41. The highest BCUT2D eigenvalue weighted by atomic mass is 32.2. The Labute approximate surface area is 104 Å². The van der Waals surface area contributed by atoms with Gasteiger partial charge in [0.2, 0.25) is 10.0 Å². The SMILES string of the molecule is CC/C=C/[C@H](C)NS(=O)(=O)c1ccc(C)cc1. The first-order valence-electron chi connectivity index (χ1n) is 5.71. The molecule has 0 radical (unpaired) electrons. The molecule has 0 amide bonds. The van der Waals surface area contributed by atoms with Gasteiger partial charge < -0.3 is 0 Å². The van der Waals surface area contributed by atoms with Crippen molar-refractivity contribution in [1.29, 1.82) is 0 Å². The summed E-state index contributed by atoms with van der Waals surface area (Å²) in [5, 5.41) is 0. The summed E-state index contributed by atoms with van der Waals surface area (Å²) in [4.78, 5) is 0.305. The maximum atomic E-state index is 12.0. The molecule has 4 heteroatoms. The second kappa shape index (κ2) is 5.98. The maximum Gasteiger partial charge on any atom is 0.241 e. The van der Waals surface area contributed by atoms with Gasteiger partial charge in [0.1, 0.15) is 0 Å². The molecule has 0 unspecified atom stereocenters. The minimum Gasteiger partial charge on any atom is -0.207 e. The predicted molar refractivity (Wildman–Crippen MR) is 70.4 cm³/mol. The van der Waals surface area contributed by atoms with Gasteiger partial charge in [0.05, 0.1) is 4.90 Å². The van der Waals surface area contributed by atoms with Gasteiger partial charge in [-0.3, -0.25) is 0 Å². The van der Waals surface area contributed by atoms with Gasteiger partial charge in [0.15, 0.2) is 0 Å². The molecular weight excluding hydrogens is 234 g/mol. The fourth-order valence-electron chi connectivity index (χ4n) is 1.41. The Morgan fingerprint density at radius 1 is 1.29 bits per heavy atom. The Balaban J connectivity index is 2.82. The summed E-state index contributed by atoms with van der Waals surface area (Å²) in [5.41, 5.74) is 1.04. The van der Waals surface area contributed by atoms with Gasteiger partial charge in [0.25, 0.3) is 0 Å². The lowest BCUT2D eigenvalue weighted by atomic mass is 10.2. The number of rotatable bonds is 5. The van der Waals surface area contributed by atoms with E-state index in [1.165, 1.54) is 0 Å². The van der Waals surface area contributed by atoms with E-state index in [2.05, 4.69) is 4.72 Å². The molecule has 17 heavy (non-hydrogen) atoms. The number of sulfonamides is 1. The van der Waals surface area contributed by atoms with Crippen LogP contribution in [0.15, 0.2) is 41.3 Å². The van der Waals surface area contributed by atoms with Crippen LogP contribution in [0, 0.1) is 6.92 Å². The van der Waals surface area contributed by atoms with Gasteiger partial charge >= 0.3 is 0 Å². The van der Waals surface area contributed by atoms with Gasteiger partial charge in [-0.25, -0.2) is 13.1 Å². The standard InChI is InChI=1S/C13H19NO2S/c1-4-5-6-12(3)14-17(15,16)13-9-7-11(2)8-10-13/h5-10,12,14H,4H2,1-3H3/b6-5+/t12-/m0/s1. The molecule has 0 saturated carbocycles. The molecular formula is C13H19NO2S. The number of hydrogen-bond acceptors (Lipinski definition) is 2. The van der Waals surface area contributed by atoms with E-state index in [9.17, 15) is 8.42 Å². The number of aryl methyl sites for hydroxylation is 1. The van der Waals surface area contributed by atoms with E-state index in [0.717, 1.165) is 12.0 Å². The summed E-state index contributed by atoms with van der Waals surface area (Å²) in [6.45, 7) is 5.76. The lowest BCUT2D eigenvalue weighted by molar-refractivity contribution is 0.576. The third-order valence-corrected chi connectivity index (χ3v) is 3.91. The topological polar surface area (TPSA) is 46.2 Å². The molecule has 0 aromatic heterocycles. The van der Waals surface area contributed by atoms with Crippen molar-refractivity contribution in [1.82, 2.24) is 4.72 Å². The van der Waals surface area contributed by atoms with Crippen LogP contribution in [0.3, 0.4) is 0 Å². The van der Waals surface area contributed by atoms with E-state index in [0.29, 0.717) is 4.90 Å². The molecule has 1 rings (SSSR count). The van der Waals surface area contributed by atoms with Crippen molar-refractivity contribution in [3.8, 4) is 0 Å². The molecule has 0 fully saturated rings. The normalized spacial score (nSPS) is 14.1. The zero-order valence-electron chi connectivity index (χ0n) is 10.5. The summed E-state index contributed by atoms with van der Waals surface area (Å²) in [6.07, 6.45) is 4.70. The molecule has 1 atom stereocenters. The summed E-state index contributed by atoms with van der Waals surface area (Å²) in [5.74, 6) is 0. The molecule has 0 bridgehead atoms. The fourth-order valence-corrected chi connectivity index (χ4v) is 2.61. The first kappa shape index (κ1) is 13.9. The number of nitrogens with one attached hydrogen (secondary N) is 1. The van der Waals surface area contributed by atoms with E-state index in [4.69, 9.17) is 0 Å². The van der Waals surface area contributed by atoms with Crippen molar-refractivity contribution in [3.63, 3.8) is 0 Å². The second-order valence-electron chi connectivity index (χ2n) is 4.06. The van der Waals surface area contributed by atoms with E-state index < -0.39 is 10.0 Å². The second-order valence-corrected chi connectivity index (χ2v) is 5.77. The highest BCUT2D eigenvalue weighted by molar-refractivity contribution is 7.89. The highest BCUT2D eigenvalue weighted by Crippen LogP contribution is 2.10. The maximum absolute atomic E-state index is 12.0. The van der Waals surface area contributed by atoms with Crippen molar-refractivity contribution in [2.75, 3.05) is 0 Å². The highest BCUT2D eigenvalue weighted by Gasteiger charge is 2.15. The van der Waals surface area contributed by atoms with Crippen LogP contribution < -0.4 is 4.72 Å². The van der Waals surface area contributed by atoms with Gasteiger partial charge in [-0.15, -0.1) is 0 Å². The number of benzene rings is 1. The Morgan fingerprint density at radius 3 is 2.41 bits per heavy atom. The Hall–Kier alpha value is -1.13. The Kier molecular flexibility index (Phi) is 4.90. The average Bonchev–Trinajstić information content (AvgIpc) is 2.26. The summed E-state index contributed by atoms with van der Waals surface area (Å²) >= 11 is 0. The molecule has 0 heterocycles. The number of hydrogen-bond donors (Lipinski definition) is 1. The third kappa shape index (κ3) is 4.32. The molecule has 0 aliphatic carbocycles. The largest absolute Gasteiger partial charge is 0.241 e. The lowest BCUT2D eigenvalue weighted by Crippen LogP contribution is -2.31. The van der Waals surface area contributed by atoms with Crippen LogP contribution in [0.25, 0.3) is 0 Å². The molecule has 0 aliphatic heterocycles. The summed E-state index contributed by atoms with van der Waals surface area (Å²) in [7, 11) is -3.41. The Morgan fingerprint density at radius 2 is 1.88 bits per heavy atom. The van der Waals surface area contributed by atoms with Crippen LogP contribution in [-0.2, 0) is 10.0 Å². The van der Waals surface area contributed by atoms with E-state index in [1.807, 2.05) is 32.9 Å². The van der Waals surface area contributed by atoms with E-state index >= 15 is 0 Å². The summed E-state index contributed by atoms with van der Waals surface area (Å²) < 4.78 is 26.6. The quantitative estimate of drug-likeness (QED) is 0.820. The smallest absolute Gasteiger partial charge is 0.207 e. The minimum absolute atomic E-state index is 0.193. The first-order chi connectivity index (χ1) is 7.95. The Bertz CT molecular complexity index is 475. The molecule has 0 spiro atoms. The van der Waals surface area contributed by atoms with Crippen LogP contribution in [-0.4, -0.2) is 14.5 Å². The first-order valence-corrected chi connectivity index (χ1v) is 7.19. The predicted octanol–water partition coefficient (Wildman–Crippen LogP) is 2.63. The van der Waals surface area contributed by atoms with Gasteiger partial charge in [-0.05, 0) is 32.4 Å². The van der Waals surface area contributed by atoms with Crippen molar-refractivity contribution < 1.29 is 8.42 Å².